The van der Waals surface area contributed by atoms with Crippen LogP contribution in [0.1, 0.15) is 36.9 Å². The molecule has 1 N–H and O–H groups in total. The Kier molecular flexibility index (Phi) is 5.49. The minimum Gasteiger partial charge on any atom is -0.481 e. The van der Waals surface area contributed by atoms with Crippen molar-refractivity contribution in [1.82, 2.24) is 10.1 Å². The maximum absolute atomic E-state index is 11.1. The van der Waals surface area contributed by atoms with Crippen LogP contribution in [0.2, 0.25) is 0 Å². The van der Waals surface area contributed by atoms with Gasteiger partial charge in [-0.2, -0.15) is 4.98 Å². The third-order valence-corrected chi connectivity index (χ3v) is 3.54. The Hall–Kier alpha value is -1.47. The summed E-state index contributed by atoms with van der Waals surface area (Å²) in [5.41, 5.74) is 0. The Morgan fingerprint density at radius 3 is 3.00 bits per heavy atom. The van der Waals surface area contributed by atoms with E-state index in [9.17, 15) is 4.79 Å². The smallest absolute Gasteiger partial charge is 0.307 e. The minimum absolute atomic E-state index is 0.150. The van der Waals surface area contributed by atoms with E-state index in [2.05, 4.69) is 10.1 Å². The standard InChI is InChI=1S/C13H20N2O5/c1-18-7-8-19-6-5-11-14-12(20-15-11)9-3-2-4-10(9)13(16)17/h9-10H,2-8H2,1H3,(H,16,17). The maximum Gasteiger partial charge on any atom is 0.307 e. The monoisotopic (exact) mass is 284 g/mol. The average Bonchev–Trinajstić information content (AvgIpc) is 3.06. The summed E-state index contributed by atoms with van der Waals surface area (Å²) in [4.78, 5) is 15.4. The molecule has 1 saturated carbocycles. The molecule has 0 radical (unpaired) electrons. The van der Waals surface area contributed by atoms with E-state index in [1.165, 1.54) is 0 Å². The zero-order valence-electron chi connectivity index (χ0n) is 11.6. The highest BCUT2D eigenvalue weighted by Crippen LogP contribution is 2.38. The number of carboxylic acids is 1. The van der Waals surface area contributed by atoms with E-state index in [1.54, 1.807) is 7.11 Å². The highest BCUT2D eigenvalue weighted by atomic mass is 16.5. The molecule has 0 amide bonds. The molecule has 1 aromatic heterocycles. The van der Waals surface area contributed by atoms with Gasteiger partial charge in [-0.25, -0.2) is 0 Å². The Labute approximate surface area is 117 Å². The van der Waals surface area contributed by atoms with Gasteiger partial charge in [-0.3, -0.25) is 4.79 Å². The number of ether oxygens (including phenoxy) is 2. The molecular weight excluding hydrogens is 264 g/mol. The van der Waals surface area contributed by atoms with Crippen molar-refractivity contribution in [3.63, 3.8) is 0 Å². The number of methoxy groups -OCH3 is 1. The molecule has 1 heterocycles. The van der Waals surface area contributed by atoms with E-state index in [0.29, 0.717) is 44.4 Å². The van der Waals surface area contributed by atoms with Gasteiger partial charge in [0.05, 0.1) is 31.7 Å². The normalized spacial score (nSPS) is 22.2. The zero-order chi connectivity index (χ0) is 14.4. The van der Waals surface area contributed by atoms with Gasteiger partial charge in [-0.05, 0) is 12.8 Å². The molecule has 1 aliphatic rings. The summed E-state index contributed by atoms with van der Waals surface area (Å²) >= 11 is 0. The van der Waals surface area contributed by atoms with Gasteiger partial charge in [0.25, 0.3) is 0 Å². The van der Waals surface area contributed by atoms with Gasteiger partial charge in [-0.1, -0.05) is 11.6 Å². The number of aromatic nitrogens is 2. The Morgan fingerprint density at radius 1 is 1.40 bits per heavy atom. The highest BCUT2D eigenvalue weighted by Gasteiger charge is 2.37. The van der Waals surface area contributed by atoms with E-state index < -0.39 is 11.9 Å². The largest absolute Gasteiger partial charge is 0.481 e. The van der Waals surface area contributed by atoms with Gasteiger partial charge >= 0.3 is 5.97 Å². The number of aliphatic carboxylic acids is 1. The van der Waals surface area contributed by atoms with Crippen LogP contribution in [0.5, 0.6) is 0 Å². The molecule has 20 heavy (non-hydrogen) atoms. The molecule has 0 bridgehead atoms. The lowest BCUT2D eigenvalue weighted by atomic mass is 9.96. The molecular formula is C13H20N2O5. The van der Waals surface area contributed by atoms with E-state index >= 15 is 0 Å². The van der Waals surface area contributed by atoms with Crippen molar-refractivity contribution in [2.75, 3.05) is 26.9 Å². The number of carbonyl (C=O) groups is 1. The fourth-order valence-electron chi connectivity index (χ4n) is 2.48. The molecule has 112 valence electrons. The minimum atomic E-state index is -0.782. The van der Waals surface area contributed by atoms with Crippen molar-refractivity contribution in [2.45, 2.75) is 31.6 Å². The second-order valence-electron chi connectivity index (χ2n) is 4.89. The third kappa shape index (κ3) is 3.77. The van der Waals surface area contributed by atoms with Gasteiger partial charge < -0.3 is 19.1 Å². The van der Waals surface area contributed by atoms with E-state index in [4.69, 9.17) is 19.1 Å². The van der Waals surface area contributed by atoms with Gasteiger partial charge in [0.2, 0.25) is 5.89 Å². The van der Waals surface area contributed by atoms with Crippen LogP contribution in [-0.4, -0.2) is 48.1 Å². The van der Waals surface area contributed by atoms with Crippen LogP contribution < -0.4 is 0 Å². The lowest BCUT2D eigenvalue weighted by molar-refractivity contribution is -0.142. The van der Waals surface area contributed by atoms with Gasteiger partial charge in [0.1, 0.15) is 0 Å². The third-order valence-electron chi connectivity index (χ3n) is 3.54. The fourth-order valence-corrected chi connectivity index (χ4v) is 2.48. The molecule has 2 unspecified atom stereocenters. The molecule has 0 spiro atoms. The summed E-state index contributed by atoms with van der Waals surface area (Å²) in [6.07, 6.45) is 2.91. The van der Waals surface area contributed by atoms with Gasteiger partial charge in [0.15, 0.2) is 5.82 Å². The number of nitrogens with zero attached hydrogens (tertiary/aromatic N) is 2. The first kappa shape index (κ1) is 14.9. The van der Waals surface area contributed by atoms with E-state index in [1.807, 2.05) is 0 Å². The first-order valence-electron chi connectivity index (χ1n) is 6.84. The van der Waals surface area contributed by atoms with Crippen LogP contribution >= 0.6 is 0 Å². The lowest BCUT2D eigenvalue weighted by Crippen LogP contribution is -2.17. The summed E-state index contributed by atoms with van der Waals surface area (Å²) in [5.74, 6) is -0.324. The average molecular weight is 284 g/mol. The molecule has 2 rings (SSSR count). The summed E-state index contributed by atoms with van der Waals surface area (Å²) in [6, 6.07) is 0. The number of rotatable bonds is 8. The van der Waals surface area contributed by atoms with E-state index in [0.717, 1.165) is 12.8 Å². The predicted octanol–water partition coefficient (Wildman–Crippen LogP) is 1.24. The Morgan fingerprint density at radius 2 is 2.25 bits per heavy atom. The number of carboxylic acid groups (broad SMARTS) is 1. The SMILES string of the molecule is COCCOCCc1noc(C2CCCC2C(=O)O)n1. The van der Waals surface area contributed by atoms with Crippen molar-refractivity contribution in [2.24, 2.45) is 5.92 Å². The number of hydrogen-bond acceptors (Lipinski definition) is 6. The molecule has 0 saturated heterocycles. The second-order valence-corrected chi connectivity index (χ2v) is 4.89. The zero-order valence-corrected chi connectivity index (χ0v) is 11.6. The quantitative estimate of drug-likeness (QED) is 0.717. The van der Waals surface area contributed by atoms with Gasteiger partial charge in [0, 0.05) is 13.5 Å². The molecule has 7 heteroatoms. The molecule has 1 aromatic rings. The topological polar surface area (TPSA) is 94.7 Å². The summed E-state index contributed by atoms with van der Waals surface area (Å²) in [6.45, 7) is 1.58. The van der Waals surface area contributed by atoms with Crippen molar-refractivity contribution >= 4 is 5.97 Å². The van der Waals surface area contributed by atoms with Crippen LogP contribution in [-0.2, 0) is 20.7 Å². The van der Waals surface area contributed by atoms with E-state index in [-0.39, 0.29) is 5.92 Å². The molecule has 7 nitrogen and oxygen atoms in total. The highest BCUT2D eigenvalue weighted by molar-refractivity contribution is 5.71. The summed E-state index contributed by atoms with van der Waals surface area (Å²) < 4.78 is 15.4. The van der Waals surface area contributed by atoms with Crippen LogP contribution in [0.4, 0.5) is 0 Å². The molecule has 1 fully saturated rings. The first-order chi connectivity index (χ1) is 9.72. The predicted molar refractivity (Wildman–Crippen MR) is 68.4 cm³/mol. The summed E-state index contributed by atoms with van der Waals surface area (Å²) in [5, 5.41) is 13.0. The fraction of sp³-hybridized carbons (Fsp3) is 0.769. The lowest BCUT2D eigenvalue weighted by Gasteiger charge is -2.10. The summed E-state index contributed by atoms with van der Waals surface area (Å²) in [7, 11) is 1.62. The molecule has 2 atom stereocenters. The van der Waals surface area contributed by atoms with Crippen LogP contribution in [0.15, 0.2) is 4.52 Å². The second kappa shape index (κ2) is 7.35. The first-order valence-corrected chi connectivity index (χ1v) is 6.84. The van der Waals surface area contributed by atoms with Crippen molar-refractivity contribution in [1.29, 1.82) is 0 Å². The molecule has 0 aromatic carbocycles. The Balaban J connectivity index is 1.84. The molecule has 0 aliphatic heterocycles. The van der Waals surface area contributed by atoms with Crippen LogP contribution in [0.25, 0.3) is 0 Å². The Bertz CT molecular complexity index is 434. The van der Waals surface area contributed by atoms with Gasteiger partial charge in [-0.15, -0.1) is 0 Å². The van der Waals surface area contributed by atoms with Crippen molar-refractivity contribution < 1.29 is 23.9 Å². The maximum atomic E-state index is 11.1. The van der Waals surface area contributed by atoms with Crippen LogP contribution in [0.3, 0.4) is 0 Å². The van der Waals surface area contributed by atoms with Crippen LogP contribution in [0, 0.1) is 5.92 Å². The van der Waals surface area contributed by atoms with Crippen molar-refractivity contribution in [3.05, 3.63) is 11.7 Å². The molecule has 1 aliphatic carbocycles. The van der Waals surface area contributed by atoms with Crippen molar-refractivity contribution in [3.8, 4) is 0 Å². The number of hydrogen-bond donors (Lipinski definition) is 1.